The van der Waals surface area contributed by atoms with Gasteiger partial charge in [0.05, 0.1) is 13.0 Å². The fourth-order valence-electron chi connectivity index (χ4n) is 2.72. The number of ether oxygens (including phenoxy) is 1. The number of carboxylic acids is 1. The summed E-state index contributed by atoms with van der Waals surface area (Å²) in [6.07, 6.45) is 5.57. The summed E-state index contributed by atoms with van der Waals surface area (Å²) in [5.74, 6) is -0.825. The van der Waals surface area contributed by atoms with Crippen LogP contribution in [0.3, 0.4) is 0 Å². The Morgan fingerprint density at radius 2 is 1.95 bits per heavy atom. The van der Waals surface area contributed by atoms with Gasteiger partial charge in [0.1, 0.15) is 0 Å². The Morgan fingerprint density at radius 1 is 1.26 bits per heavy atom. The maximum absolute atomic E-state index is 11.6. The molecule has 1 rings (SSSR count). The minimum Gasteiger partial charge on any atom is -0.481 e. The maximum Gasteiger partial charge on any atom is 0.303 e. The fraction of sp³-hybridized carbons (Fsp3) is 0.857. The number of nitrogens with one attached hydrogen (secondary N) is 1. The van der Waals surface area contributed by atoms with Crippen molar-refractivity contribution in [3.63, 3.8) is 0 Å². The monoisotopic (exact) mass is 271 g/mol. The maximum atomic E-state index is 11.6. The van der Waals surface area contributed by atoms with Gasteiger partial charge in [-0.25, -0.2) is 0 Å². The van der Waals surface area contributed by atoms with E-state index in [1.807, 2.05) is 6.92 Å². The lowest BCUT2D eigenvalue weighted by molar-refractivity contribution is -0.140. The summed E-state index contributed by atoms with van der Waals surface area (Å²) < 4.78 is 5.13. The van der Waals surface area contributed by atoms with E-state index in [-0.39, 0.29) is 17.7 Å². The van der Waals surface area contributed by atoms with Gasteiger partial charge in [-0.1, -0.05) is 19.3 Å². The molecule has 5 heteroatoms. The van der Waals surface area contributed by atoms with Crippen molar-refractivity contribution < 1.29 is 19.4 Å². The third-order valence-electron chi connectivity index (χ3n) is 3.78. The molecule has 0 spiro atoms. The van der Waals surface area contributed by atoms with Crippen LogP contribution in [0.2, 0.25) is 0 Å². The van der Waals surface area contributed by atoms with E-state index in [4.69, 9.17) is 9.84 Å². The summed E-state index contributed by atoms with van der Waals surface area (Å²) >= 11 is 0. The van der Waals surface area contributed by atoms with E-state index in [0.717, 1.165) is 25.7 Å². The number of carboxylic acid groups (broad SMARTS) is 1. The van der Waals surface area contributed by atoms with E-state index in [1.165, 1.54) is 6.42 Å². The predicted octanol–water partition coefficient (Wildman–Crippen LogP) is 1.95. The van der Waals surface area contributed by atoms with Crippen LogP contribution in [-0.2, 0) is 14.3 Å². The highest BCUT2D eigenvalue weighted by Crippen LogP contribution is 2.38. The highest BCUT2D eigenvalue weighted by Gasteiger charge is 2.34. The van der Waals surface area contributed by atoms with E-state index in [1.54, 1.807) is 0 Å². The van der Waals surface area contributed by atoms with Crippen LogP contribution >= 0.6 is 0 Å². The zero-order chi connectivity index (χ0) is 14.1. The minimum absolute atomic E-state index is 0.0520. The Labute approximate surface area is 114 Å². The number of aliphatic carboxylic acids is 1. The minimum atomic E-state index is -0.773. The molecule has 1 aliphatic carbocycles. The van der Waals surface area contributed by atoms with Crippen molar-refractivity contribution in [2.75, 3.05) is 19.8 Å². The van der Waals surface area contributed by atoms with E-state index >= 15 is 0 Å². The number of carbonyl (C=O) groups excluding carboxylic acids is 1. The van der Waals surface area contributed by atoms with Crippen molar-refractivity contribution >= 4 is 11.9 Å². The lowest BCUT2D eigenvalue weighted by Crippen LogP contribution is -2.40. The first-order valence-corrected chi connectivity index (χ1v) is 7.14. The zero-order valence-corrected chi connectivity index (χ0v) is 11.7. The molecule has 19 heavy (non-hydrogen) atoms. The van der Waals surface area contributed by atoms with Gasteiger partial charge in [0.2, 0.25) is 5.91 Å². The lowest BCUT2D eigenvalue weighted by Gasteiger charge is -2.36. The molecule has 0 aromatic carbocycles. The average Bonchev–Trinajstić information content (AvgIpc) is 2.37. The van der Waals surface area contributed by atoms with Crippen LogP contribution in [0.4, 0.5) is 0 Å². The third-order valence-corrected chi connectivity index (χ3v) is 3.78. The molecule has 0 aliphatic heterocycles. The van der Waals surface area contributed by atoms with Gasteiger partial charge in [-0.15, -0.1) is 0 Å². The SMILES string of the molecule is CCOCCC(=O)NCC1(CC(=O)O)CCCCC1. The van der Waals surface area contributed by atoms with Crippen molar-refractivity contribution in [1.29, 1.82) is 0 Å². The Kier molecular flexibility index (Phi) is 6.84. The van der Waals surface area contributed by atoms with Gasteiger partial charge in [0.25, 0.3) is 0 Å². The molecule has 0 atom stereocenters. The largest absolute Gasteiger partial charge is 0.481 e. The molecule has 110 valence electrons. The third kappa shape index (κ3) is 6.05. The van der Waals surface area contributed by atoms with Crippen LogP contribution in [0.5, 0.6) is 0 Å². The van der Waals surface area contributed by atoms with Crippen molar-refractivity contribution in [2.45, 2.75) is 51.9 Å². The van der Waals surface area contributed by atoms with E-state index < -0.39 is 5.97 Å². The molecule has 1 saturated carbocycles. The van der Waals surface area contributed by atoms with Crippen molar-refractivity contribution in [1.82, 2.24) is 5.32 Å². The van der Waals surface area contributed by atoms with Crippen molar-refractivity contribution in [2.24, 2.45) is 5.41 Å². The quantitative estimate of drug-likeness (QED) is 0.662. The van der Waals surface area contributed by atoms with E-state index in [2.05, 4.69) is 5.32 Å². The molecule has 1 fully saturated rings. The van der Waals surface area contributed by atoms with Gasteiger partial charge in [-0.05, 0) is 25.2 Å². The number of hydrogen-bond donors (Lipinski definition) is 2. The van der Waals surface area contributed by atoms with Gasteiger partial charge in [-0.2, -0.15) is 0 Å². The molecule has 0 aromatic heterocycles. The lowest BCUT2D eigenvalue weighted by atomic mass is 9.71. The first-order valence-electron chi connectivity index (χ1n) is 7.14. The van der Waals surface area contributed by atoms with Crippen LogP contribution < -0.4 is 5.32 Å². The number of carbonyl (C=O) groups is 2. The normalized spacial score (nSPS) is 17.9. The smallest absolute Gasteiger partial charge is 0.303 e. The summed E-state index contributed by atoms with van der Waals surface area (Å²) in [6, 6.07) is 0. The van der Waals surface area contributed by atoms with Gasteiger partial charge >= 0.3 is 5.97 Å². The molecule has 0 aromatic rings. The highest BCUT2D eigenvalue weighted by atomic mass is 16.5. The molecule has 0 heterocycles. The number of amides is 1. The summed E-state index contributed by atoms with van der Waals surface area (Å²) in [6.45, 7) is 3.40. The standard InChI is InChI=1S/C14H25NO4/c1-2-19-9-6-12(16)15-11-14(10-13(17)18)7-4-3-5-8-14/h2-11H2,1H3,(H,15,16)(H,17,18). The van der Waals surface area contributed by atoms with Crippen LogP contribution in [0.25, 0.3) is 0 Å². The van der Waals surface area contributed by atoms with Gasteiger partial charge in [0, 0.05) is 19.6 Å². The Balaban J connectivity index is 2.40. The molecule has 0 unspecified atom stereocenters. The number of rotatable bonds is 8. The molecule has 2 N–H and O–H groups in total. The molecule has 0 radical (unpaired) electrons. The van der Waals surface area contributed by atoms with Gasteiger partial charge in [-0.3, -0.25) is 9.59 Å². The Morgan fingerprint density at radius 3 is 2.53 bits per heavy atom. The van der Waals surface area contributed by atoms with Crippen LogP contribution in [0.1, 0.15) is 51.9 Å². The van der Waals surface area contributed by atoms with Crippen LogP contribution in [-0.4, -0.2) is 36.7 Å². The number of hydrogen-bond acceptors (Lipinski definition) is 3. The fourth-order valence-corrected chi connectivity index (χ4v) is 2.72. The molecule has 1 amide bonds. The van der Waals surface area contributed by atoms with Crippen molar-refractivity contribution in [3.8, 4) is 0 Å². The molecule has 0 bridgehead atoms. The summed E-state index contributed by atoms with van der Waals surface area (Å²) in [7, 11) is 0. The first kappa shape index (κ1) is 16.0. The summed E-state index contributed by atoms with van der Waals surface area (Å²) in [4.78, 5) is 22.6. The second-order valence-corrected chi connectivity index (χ2v) is 5.35. The van der Waals surface area contributed by atoms with Gasteiger partial charge < -0.3 is 15.2 Å². The summed E-state index contributed by atoms with van der Waals surface area (Å²) in [5, 5.41) is 11.9. The highest BCUT2D eigenvalue weighted by molar-refractivity contribution is 5.76. The van der Waals surface area contributed by atoms with Gasteiger partial charge in [0.15, 0.2) is 0 Å². The second-order valence-electron chi connectivity index (χ2n) is 5.35. The summed E-state index contributed by atoms with van der Waals surface area (Å²) in [5.41, 5.74) is -0.245. The molecular weight excluding hydrogens is 246 g/mol. The van der Waals surface area contributed by atoms with E-state index in [0.29, 0.717) is 26.2 Å². The molecule has 0 saturated heterocycles. The van der Waals surface area contributed by atoms with Crippen LogP contribution in [0, 0.1) is 5.41 Å². The first-order chi connectivity index (χ1) is 9.08. The Hall–Kier alpha value is -1.10. The van der Waals surface area contributed by atoms with Crippen LogP contribution in [0.15, 0.2) is 0 Å². The zero-order valence-electron chi connectivity index (χ0n) is 11.7. The Bertz CT molecular complexity index is 298. The topological polar surface area (TPSA) is 75.6 Å². The average molecular weight is 271 g/mol. The molecular formula is C14H25NO4. The second kappa shape index (κ2) is 8.15. The molecule has 1 aliphatic rings. The predicted molar refractivity (Wildman–Crippen MR) is 71.9 cm³/mol. The van der Waals surface area contributed by atoms with Crippen molar-refractivity contribution in [3.05, 3.63) is 0 Å². The molecule has 5 nitrogen and oxygen atoms in total. The van der Waals surface area contributed by atoms with E-state index in [9.17, 15) is 9.59 Å².